The maximum Gasteiger partial charge on any atom is 0.233 e. The second kappa shape index (κ2) is 8.70. The van der Waals surface area contributed by atoms with Crippen LogP contribution in [0, 0.1) is 0 Å². The van der Waals surface area contributed by atoms with Crippen LogP contribution in [-0.4, -0.2) is 38.4 Å². The summed E-state index contributed by atoms with van der Waals surface area (Å²) in [5, 5.41) is 12.0. The van der Waals surface area contributed by atoms with Crippen LogP contribution in [-0.2, 0) is 17.9 Å². The Kier molecular flexibility index (Phi) is 6.34. The first kappa shape index (κ1) is 18.9. The molecular formula is C18H19ClN4OS2. The Morgan fingerprint density at radius 2 is 2.04 bits per heavy atom. The van der Waals surface area contributed by atoms with E-state index in [-0.39, 0.29) is 5.91 Å². The summed E-state index contributed by atoms with van der Waals surface area (Å²) in [6, 6.07) is 11.5. The smallest absolute Gasteiger partial charge is 0.233 e. The van der Waals surface area contributed by atoms with Crippen molar-refractivity contribution in [3.63, 3.8) is 0 Å². The minimum Gasteiger partial charge on any atom is -0.340 e. The molecule has 0 aliphatic rings. The number of amides is 1. The van der Waals surface area contributed by atoms with Crippen molar-refractivity contribution >= 4 is 40.6 Å². The summed E-state index contributed by atoms with van der Waals surface area (Å²) in [6.07, 6.45) is 0. The molecule has 3 aromatic rings. The lowest BCUT2D eigenvalue weighted by molar-refractivity contribution is -0.127. The summed E-state index contributed by atoms with van der Waals surface area (Å²) in [6.45, 7) is 3.40. The third-order valence-electron chi connectivity index (χ3n) is 3.86. The Morgan fingerprint density at radius 1 is 1.27 bits per heavy atom. The molecule has 0 unspecified atom stereocenters. The van der Waals surface area contributed by atoms with Crippen molar-refractivity contribution in [2.75, 3.05) is 12.8 Å². The van der Waals surface area contributed by atoms with Gasteiger partial charge in [-0.05, 0) is 42.6 Å². The fourth-order valence-corrected chi connectivity index (χ4v) is 4.28. The summed E-state index contributed by atoms with van der Waals surface area (Å²) in [5.74, 6) is 1.19. The highest BCUT2D eigenvalue weighted by Crippen LogP contribution is 2.25. The van der Waals surface area contributed by atoms with Gasteiger partial charge in [0.05, 0.1) is 12.3 Å². The summed E-state index contributed by atoms with van der Waals surface area (Å²) in [4.78, 5) is 15.3. The van der Waals surface area contributed by atoms with Gasteiger partial charge in [0.1, 0.15) is 0 Å². The number of hydrogen-bond donors (Lipinski definition) is 0. The molecule has 1 amide bonds. The zero-order chi connectivity index (χ0) is 18.5. The number of carbonyl (C=O) groups is 1. The fraction of sp³-hybridized carbons (Fsp3) is 0.278. The van der Waals surface area contributed by atoms with Gasteiger partial charge in [-0.15, -0.1) is 21.5 Å². The molecule has 0 saturated carbocycles. The quantitative estimate of drug-likeness (QED) is 0.544. The molecule has 8 heteroatoms. The van der Waals surface area contributed by atoms with Crippen LogP contribution in [0.5, 0.6) is 0 Å². The lowest BCUT2D eigenvalue weighted by atomic mass is 10.2. The molecule has 136 valence electrons. The summed E-state index contributed by atoms with van der Waals surface area (Å²) < 4.78 is 2.01. The second-order valence-electron chi connectivity index (χ2n) is 5.68. The Labute approximate surface area is 166 Å². The van der Waals surface area contributed by atoms with E-state index in [1.54, 1.807) is 16.2 Å². The number of rotatable bonds is 7. The molecule has 0 aliphatic carbocycles. The summed E-state index contributed by atoms with van der Waals surface area (Å²) in [5.41, 5.74) is 0.955. The van der Waals surface area contributed by atoms with E-state index in [2.05, 4.69) is 10.2 Å². The molecule has 26 heavy (non-hydrogen) atoms. The SMILES string of the molecule is CCn1c(SCC(=O)N(C)Cc2cccs2)nnc1-c1ccc(Cl)cc1. The third-order valence-corrected chi connectivity index (χ3v) is 5.92. The first-order chi connectivity index (χ1) is 12.6. The van der Waals surface area contributed by atoms with Gasteiger partial charge in [-0.3, -0.25) is 4.79 Å². The topological polar surface area (TPSA) is 51.0 Å². The van der Waals surface area contributed by atoms with E-state index in [0.717, 1.165) is 23.1 Å². The Hall–Kier alpha value is -1.83. The number of carbonyl (C=O) groups excluding carboxylic acids is 1. The zero-order valence-electron chi connectivity index (χ0n) is 14.6. The van der Waals surface area contributed by atoms with Crippen molar-refractivity contribution < 1.29 is 4.79 Å². The van der Waals surface area contributed by atoms with Gasteiger partial charge in [0.15, 0.2) is 11.0 Å². The molecule has 0 bridgehead atoms. The van der Waals surface area contributed by atoms with Crippen LogP contribution in [0.15, 0.2) is 46.9 Å². The normalized spacial score (nSPS) is 10.9. The monoisotopic (exact) mass is 406 g/mol. The van der Waals surface area contributed by atoms with Gasteiger partial charge in [0.2, 0.25) is 5.91 Å². The van der Waals surface area contributed by atoms with Crippen LogP contribution in [0.4, 0.5) is 0 Å². The zero-order valence-corrected chi connectivity index (χ0v) is 16.9. The minimum absolute atomic E-state index is 0.0714. The maximum absolute atomic E-state index is 12.4. The largest absolute Gasteiger partial charge is 0.340 e. The van der Waals surface area contributed by atoms with Crippen LogP contribution in [0.25, 0.3) is 11.4 Å². The molecule has 0 aliphatic heterocycles. The number of benzene rings is 1. The molecule has 0 atom stereocenters. The molecule has 0 spiro atoms. The second-order valence-corrected chi connectivity index (χ2v) is 8.09. The third kappa shape index (κ3) is 4.47. The Balaban J connectivity index is 1.66. The standard InChI is InChI=1S/C18H19ClN4OS2/c1-3-23-17(13-6-8-14(19)9-7-13)20-21-18(23)26-12-16(24)22(2)11-15-5-4-10-25-15/h4-10H,3,11-12H2,1-2H3. The van der Waals surface area contributed by atoms with E-state index in [1.807, 2.05) is 60.3 Å². The number of nitrogens with zero attached hydrogens (tertiary/aromatic N) is 4. The van der Waals surface area contributed by atoms with E-state index in [1.165, 1.54) is 16.6 Å². The lowest BCUT2D eigenvalue weighted by Crippen LogP contribution is -2.27. The van der Waals surface area contributed by atoms with Crippen LogP contribution in [0.2, 0.25) is 5.02 Å². The average molecular weight is 407 g/mol. The highest BCUT2D eigenvalue weighted by atomic mass is 35.5. The molecule has 0 N–H and O–H groups in total. The van der Waals surface area contributed by atoms with Crippen LogP contribution >= 0.6 is 34.7 Å². The van der Waals surface area contributed by atoms with Crippen LogP contribution < -0.4 is 0 Å². The van der Waals surface area contributed by atoms with Crippen LogP contribution in [0.1, 0.15) is 11.8 Å². The molecule has 0 saturated heterocycles. The van der Waals surface area contributed by atoms with Crippen molar-refractivity contribution in [2.45, 2.75) is 25.2 Å². The lowest BCUT2D eigenvalue weighted by Gasteiger charge is -2.16. The van der Waals surface area contributed by atoms with Gasteiger partial charge in [-0.25, -0.2) is 0 Å². The molecule has 0 radical (unpaired) electrons. The number of aromatic nitrogens is 3. The van der Waals surface area contributed by atoms with Crippen molar-refractivity contribution in [1.82, 2.24) is 19.7 Å². The number of thioether (sulfide) groups is 1. The molecule has 3 rings (SSSR count). The van der Waals surface area contributed by atoms with E-state index < -0.39 is 0 Å². The van der Waals surface area contributed by atoms with Crippen LogP contribution in [0.3, 0.4) is 0 Å². The summed E-state index contributed by atoms with van der Waals surface area (Å²) >= 11 is 9.02. The Morgan fingerprint density at radius 3 is 2.69 bits per heavy atom. The molecule has 2 heterocycles. The molecule has 0 fully saturated rings. The molecule has 2 aromatic heterocycles. The molecule has 1 aromatic carbocycles. The minimum atomic E-state index is 0.0714. The van der Waals surface area contributed by atoms with E-state index in [9.17, 15) is 4.79 Å². The fourth-order valence-electron chi connectivity index (χ4n) is 2.45. The predicted molar refractivity (Wildman–Crippen MR) is 108 cm³/mol. The maximum atomic E-state index is 12.4. The van der Waals surface area contributed by atoms with Crippen molar-refractivity contribution in [2.24, 2.45) is 0 Å². The predicted octanol–water partition coefficient (Wildman–Crippen LogP) is 4.43. The van der Waals surface area contributed by atoms with Gasteiger partial charge >= 0.3 is 0 Å². The first-order valence-corrected chi connectivity index (χ1v) is 10.4. The van der Waals surface area contributed by atoms with E-state index >= 15 is 0 Å². The van der Waals surface area contributed by atoms with Gasteiger partial charge in [0.25, 0.3) is 0 Å². The molecular weight excluding hydrogens is 388 g/mol. The van der Waals surface area contributed by atoms with Gasteiger partial charge in [0, 0.05) is 29.1 Å². The van der Waals surface area contributed by atoms with E-state index in [0.29, 0.717) is 17.3 Å². The number of halogens is 1. The van der Waals surface area contributed by atoms with Crippen molar-refractivity contribution in [1.29, 1.82) is 0 Å². The Bertz CT molecular complexity index is 862. The van der Waals surface area contributed by atoms with Gasteiger partial charge in [-0.2, -0.15) is 0 Å². The summed E-state index contributed by atoms with van der Waals surface area (Å²) in [7, 11) is 1.83. The first-order valence-electron chi connectivity index (χ1n) is 8.16. The van der Waals surface area contributed by atoms with Gasteiger partial charge < -0.3 is 9.47 Å². The van der Waals surface area contributed by atoms with E-state index in [4.69, 9.17) is 11.6 Å². The highest BCUT2D eigenvalue weighted by Gasteiger charge is 2.16. The average Bonchev–Trinajstić information content (AvgIpc) is 3.29. The van der Waals surface area contributed by atoms with Gasteiger partial charge in [-0.1, -0.05) is 29.4 Å². The highest BCUT2D eigenvalue weighted by molar-refractivity contribution is 7.99. The molecule has 5 nitrogen and oxygen atoms in total. The van der Waals surface area contributed by atoms with Crippen molar-refractivity contribution in [3.8, 4) is 11.4 Å². The number of thiophene rings is 1. The van der Waals surface area contributed by atoms with Crippen molar-refractivity contribution in [3.05, 3.63) is 51.7 Å². The number of hydrogen-bond acceptors (Lipinski definition) is 5.